The van der Waals surface area contributed by atoms with Crippen LogP contribution in [0.3, 0.4) is 0 Å². The monoisotopic (exact) mass is 324 g/mol. The van der Waals surface area contributed by atoms with Gasteiger partial charge in [0.15, 0.2) is 0 Å². The van der Waals surface area contributed by atoms with Crippen molar-refractivity contribution >= 4 is 33.0 Å². The van der Waals surface area contributed by atoms with Gasteiger partial charge in [0, 0.05) is 28.1 Å². The molecule has 3 N–H and O–H groups in total. The van der Waals surface area contributed by atoms with Crippen LogP contribution >= 0.6 is 27.3 Å². The number of nitrogen functional groups attached to an aromatic ring is 1. The van der Waals surface area contributed by atoms with E-state index in [0.717, 1.165) is 29.7 Å². The molecule has 0 fully saturated rings. The Morgan fingerprint density at radius 3 is 2.83 bits per heavy atom. The Bertz CT molecular complexity index is 502. The molecule has 18 heavy (non-hydrogen) atoms. The number of anilines is 1. The topological polar surface area (TPSA) is 38.0 Å². The summed E-state index contributed by atoms with van der Waals surface area (Å²) in [5.41, 5.74) is 9.26. The van der Waals surface area contributed by atoms with Crippen LogP contribution in [0, 0.1) is 0 Å². The van der Waals surface area contributed by atoms with Gasteiger partial charge in [-0.05, 0) is 47.2 Å². The summed E-state index contributed by atoms with van der Waals surface area (Å²) in [6.45, 7) is 3.96. The van der Waals surface area contributed by atoms with Gasteiger partial charge in [0.2, 0.25) is 0 Å². The van der Waals surface area contributed by atoms with Crippen molar-refractivity contribution in [3.63, 3.8) is 0 Å². The molecule has 0 radical (unpaired) electrons. The Morgan fingerprint density at radius 1 is 1.28 bits per heavy atom. The SMILES string of the molecule is CCc1ccsc1CNCc1cc(N)cc(Br)c1. The van der Waals surface area contributed by atoms with Crippen molar-refractivity contribution in [2.45, 2.75) is 26.4 Å². The third kappa shape index (κ3) is 3.57. The number of nitrogens with one attached hydrogen (secondary N) is 1. The van der Waals surface area contributed by atoms with E-state index in [0.29, 0.717) is 0 Å². The fourth-order valence-corrected chi connectivity index (χ4v) is 3.44. The average molecular weight is 325 g/mol. The van der Waals surface area contributed by atoms with Crippen LogP contribution in [-0.4, -0.2) is 0 Å². The fraction of sp³-hybridized carbons (Fsp3) is 0.286. The van der Waals surface area contributed by atoms with E-state index in [9.17, 15) is 0 Å². The summed E-state index contributed by atoms with van der Waals surface area (Å²) in [5.74, 6) is 0. The van der Waals surface area contributed by atoms with Crippen molar-refractivity contribution in [1.82, 2.24) is 5.32 Å². The lowest BCUT2D eigenvalue weighted by Gasteiger charge is -2.07. The predicted molar refractivity (Wildman–Crippen MR) is 82.8 cm³/mol. The lowest BCUT2D eigenvalue weighted by atomic mass is 10.2. The molecule has 1 aromatic heterocycles. The van der Waals surface area contributed by atoms with Crippen LogP contribution in [0.25, 0.3) is 0 Å². The summed E-state index contributed by atoms with van der Waals surface area (Å²) in [7, 11) is 0. The lowest BCUT2D eigenvalue weighted by Crippen LogP contribution is -2.12. The van der Waals surface area contributed by atoms with Gasteiger partial charge in [-0.15, -0.1) is 11.3 Å². The maximum atomic E-state index is 5.82. The minimum atomic E-state index is 0.798. The zero-order valence-corrected chi connectivity index (χ0v) is 12.8. The van der Waals surface area contributed by atoms with Crippen molar-refractivity contribution in [2.75, 3.05) is 5.73 Å². The fourth-order valence-electron chi connectivity index (χ4n) is 1.93. The number of hydrogen-bond donors (Lipinski definition) is 2. The zero-order valence-electron chi connectivity index (χ0n) is 10.4. The second-order valence-electron chi connectivity index (χ2n) is 4.22. The summed E-state index contributed by atoms with van der Waals surface area (Å²) in [4.78, 5) is 1.43. The molecule has 0 bridgehead atoms. The summed E-state index contributed by atoms with van der Waals surface area (Å²) in [5, 5.41) is 5.63. The standard InChI is InChI=1S/C14H17BrN2S/c1-2-11-3-4-18-14(11)9-17-8-10-5-12(15)7-13(16)6-10/h3-7,17H,2,8-9,16H2,1H3. The Hall–Kier alpha value is -0.840. The van der Waals surface area contributed by atoms with E-state index in [4.69, 9.17) is 5.73 Å². The number of benzene rings is 1. The maximum Gasteiger partial charge on any atom is 0.0328 e. The molecule has 0 saturated heterocycles. The molecule has 0 aliphatic heterocycles. The van der Waals surface area contributed by atoms with Crippen molar-refractivity contribution in [3.8, 4) is 0 Å². The number of halogens is 1. The molecule has 0 aliphatic carbocycles. The maximum absolute atomic E-state index is 5.82. The Kier molecular flexibility index (Phi) is 4.80. The highest BCUT2D eigenvalue weighted by molar-refractivity contribution is 9.10. The average Bonchev–Trinajstić information content (AvgIpc) is 2.75. The predicted octanol–water partition coefficient (Wildman–Crippen LogP) is 3.95. The Labute approximate surface area is 120 Å². The second kappa shape index (κ2) is 6.36. The first kappa shape index (κ1) is 13.6. The summed E-state index contributed by atoms with van der Waals surface area (Å²) in [6, 6.07) is 8.22. The third-order valence-corrected chi connectivity index (χ3v) is 4.23. The number of aryl methyl sites for hydroxylation is 1. The van der Waals surface area contributed by atoms with Crippen LogP contribution < -0.4 is 11.1 Å². The van der Waals surface area contributed by atoms with E-state index in [2.05, 4.69) is 45.7 Å². The molecular weight excluding hydrogens is 308 g/mol. The smallest absolute Gasteiger partial charge is 0.0328 e. The summed E-state index contributed by atoms with van der Waals surface area (Å²) in [6.07, 6.45) is 1.10. The lowest BCUT2D eigenvalue weighted by molar-refractivity contribution is 0.697. The second-order valence-corrected chi connectivity index (χ2v) is 6.14. The highest BCUT2D eigenvalue weighted by atomic mass is 79.9. The third-order valence-electron chi connectivity index (χ3n) is 2.81. The van der Waals surface area contributed by atoms with Gasteiger partial charge in [-0.2, -0.15) is 0 Å². The normalized spacial score (nSPS) is 10.8. The number of hydrogen-bond acceptors (Lipinski definition) is 3. The van der Waals surface area contributed by atoms with E-state index in [-0.39, 0.29) is 0 Å². The molecular formula is C14H17BrN2S. The Morgan fingerprint density at radius 2 is 2.11 bits per heavy atom. The molecule has 4 heteroatoms. The van der Waals surface area contributed by atoms with Gasteiger partial charge in [0.25, 0.3) is 0 Å². The van der Waals surface area contributed by atoms with E-state index < -0.39 is 0 Å². The minimum Gasteiger partial charge on any atom is -0.399 e. The van der Waals surface area contributed by atoms with Crippen LogP contribution in [0.5, 0.6) is 0 Å². The molecule has 0 aliphatic rings. The van der Waals surface area contributed by atoms with Crippen LogP contribution in [0.15, 0.2) is 34.1 Å². The van der Waals surface area contributed by atoms with E-state index in [1.807, 2.05) is 23.5 Å². The van der Waals surface area contributed by atoms with Crippen molar-refractivity contribution in [3.05, 3.63) is 50.1 Å². The molecule has 0 atom stereocenters. The molecule has 2 aromatic rings. The minimum absolute atomic E-state index is 0.798. The Balaban J connectivity index is 1.92. The first-order valence-corrected chi connectivity index (χ1v) is 7.67. The molecule has 0 amide bonds. The van der Waals surface area contributed by atoms with E-state index >= 15 is 0 Å². The molecule has 1 heterocycles. The molecule has 0 spiro atoms. The van der Waals surface area contributed by atoms with Gasteiger partial charge in [-0.1, -0.05) is 22.9 Å². The number of thiophene rings is 1. The zero-order chi connectivity index (χ0) is 13.0. The van der Waals surface area contributed by atoms with Gasteiger partial charge in [-0.25, -0.2) is 0 Å². The van der Waals surface area contributed by atoms with E-state index in [1.165, 1.54) is 16.0 Å². The van der Waals surface area contributed by atoms with Crippen LogP contribution in [0.1, 0.15) is 22.9 Å². The van der Waals surface area contributed by atoms with Crippen molar-refractivity contribution < 1.29 is 0 Å². The van der Waals surface area contributed by atoms with Gasteiger partial charge >= 0.3 is 0 Å². The number of rotatable bonds is 5. The van der Waals surface area contributed by atoms with Gasteiger partial charge in [0.05, 0.1) is 0 Å². The number of nitrogens with two attached hydrogens (primary N) is 1. The summed E-state index contributed by atoms with van der Waals surface area (Å²) >= 11 is 5.28. The first-order valence-electron chi connectivity index (χ1n) is 6.00. The molecule has 0 unspecified atom stereocenters. The quantitative estimate of drug-likeness (QED) is 0.817. The highest BCUT2D eigenvalue weighted by Gasteiger charge is 2.02. The molecule has 1 aromatic carbocycles. The molecule has 2 nitrogen and oxygen atoms in total. The first-order chi connectivity index (χ1) is 8.69. The van der Waals surface area contributed by atoms with Crippen LogP contribution in [-0.2, 0) is 19.5 Å². The van der Waals surface area contributed by atoms with Gasteiger partial charge in [0.1, 0.15) is 0 Å². The van der Waals surface area contributed by atoms with Gasteiger partial charge < -0.3 is 11.1 Å². The molecule has 2 rings (SSSR count). The van der Waals surface area contributed by atoms with Crippen molar-refractivity contribution in [1.29, 1.82) is 0 Å². The van der Waals surface area contributed by atoms with Crippen molar-refractivity contribution in [2.24, 2.45) is 0 Å². The molecule has 96 valence electrons. The van der Waals surface area contributed by atoms with Crippen LogP contribution in [0.2, 0.25) is 0 Å². The van der Waals surface area contributed by atoms with E-state index in [1.54, 1.807) is 0 Å². The largest absolute Gasteiger partial charge is 0.399 e. The highest BCUT2D eigenvalue weighted by Crippen LogP contribution is 2.19. The van der Waals surface area contributed by atoms with Crippen LogP contribution in [0.4, 0.5) is 5.69 Å². The van der Waals surface area contributed by atoms with Gasteiger partial charge in [-0.3, -0.25) is 0 Å². The summed E-state index contributed by atoms with van der Waals surface area (Å²) < 4.78 is 1.03. The molecule has 0 saturated carbocycles.